The molecule has 0 saturated carbocycles. The highest BCUT2D eigenvalue weighted by Gasteiger charge is 2.19. The van der Waals surface area contributed by atoms with Crippen molar-refractivity contribution in [1.82, 2.24) is 10.3 Å². The Kier molecular flexibility index (Phi) is 6.75. The van der Waals surface area contributed by atoms with Gasteiger partial charge in [0.15, 0.2) is 5.88 Å². The summed E-state index contributed by atoms with van der Waals surface area (Å²) in [4.78, 5) is 19.7. The summed E-state index contributed by atoms with van der Waals surface area (Å²) in [5.41, 5.74) is 5.65. The molecule has 1 heterocycles. The highest BCUT2D eigenvalue weighted by Crippen LogP contribution is 2.32. The number of carbonyl (C=O) groups is 1. The molecular formula is C30H29N3O2. The van der Waals surface area contributed by atoms with E-state index in [1.165, 1.54) is 5.56 Å². The Hall–Kier alpha value is -4.30. The lowest BCUT2D eigenvalue weighted by molar-refractivity contribution is -0.115. The van der Waals surface area contributed by atoms with Gasteiger partial charge in [-0.1, -0.05) is 75.2 Å². The molecule has 0 aliphatic rings. The molecule has 4 rings (SSSR count). The van der Waals surface area contributed by atoms with Crippen LogP contribution in [0.25, 0.3) is 10.9 Å². The number of fused-ring (bicyclic) bond motifs is 1. The standard InChI is InChI=1S/C30H29N3O2/c1-5-31-26(34)18-12-20-11-17-24-25(19-20)33-29(35)27(24)28(21-9-7-6-8-10-21)32-23-15-13-22(14-16-23)30(2,3)4/h6-11,13-17,19,33,35H,5H2,1-4H3,(H,31,34). The Morgan fingerprint density at radius 3 is 2.40 bits per heavy atom. The van der Waals surface area contributed by atoms with Crippen LogP contribution in [0.1, 0.15) is 49.9 Å². The largest absolute Gasteiger partial charge is 0.494 e. The van der Waals surface area contributed by atoms with Crippen LogP contribution in [0.15, 0.2) is 77.8 Å². The maximum atomic E-state index is 11.7. The van der Waals surface area contributed by atoms with E-state index in [2.05, 4.69) is 55.0 Å². The van der Waals surface area contributed by atoms with Crippen molar-refractivity contribution in [3.63, 3.8) is 0 Å². The number of hydrogen-bond donors (Lipinski definition) is 3. The van der Waals surface area contributed by atoms with Crippen LogP contribution in [-0.4, -0.2) is 28.3 Å². The predicted octanol–water partition coefficient (Wildman–Crippen LogP) is 5.83. The van der Waals surface area contributed by atoms with E-state index in [1.54, 1.807) is 0 Å². The molecule has 3 N–H and O–H groups in total. The topological polar surface area (TPSA) is 77.5 Å². The van der Waals surface area contributed by atoms with Crippen molar-refractivity contribution in [1.29, 1.82) is 0 Å². The SMILES string of the molecule is CCNC(=O)C#Cc1ccc2c(C(=Nc3ccc(C(C)(C)C)cc3)c3ccccc3)c(O)[nH]c2c1. The van der Waals surface area contributed by atoms with Gasteiger partial charge in [-0.2, -0.15) is 0 Å². The van der Waals surface area contributed by atoms with E-state index in [1.807, 2.05) is 67.6 Å². The van der Waals surface area contributed by atoms with Crippen LogP contribution in [-0.2, 0) is 10.2 Å². The number of benzene rings is 3. The van der Waals surface area contributed by atoms with Crippen LogP contribution < -0.4 is 5.32 Å². The number of carbonyl (C=O) groups excluding carboxylic acids is 1. The van der Waals surface area contributed by atoms with Crippen molar-refractivity contribution in [2.75, 3.05) is 6.54 Å². The molecule has 0 aliphatic heterocycles. The van der Waals surface area contributed by atoms with Crippen molar-refractivity contribution in [2.45, 2.75) is 33.1 Å². The van der Waals surface area contributed by atoms with E-state index < -0.39 is 0 Å². The Morgan fingerprint density at radius 2 is 1.74 bits per heavy atom. The fraction of sp³-hybridized carbons (Fsp3) is 0.200. The van der Waals surface area contributed by atoms with Gasteiger partial charge in [-0.05, 0) is 42.2 Å². The molecule has 0 bridgehead atoms. The number of aromatic hydroxyl groups is 1. The molecule has 35 heavy (non-hydrogen) atoms. The van der Waals surface area contributed by atoms with Crippen LogP contribution in [0, 0.1) is 11.8 Å². The molecule has 0 saturated heterocycles. The zero-order valence-corrected chi connectivity index (χ0v) is 20.4. The summed E-state index contributed by atoms with van der Waals surface area (Å²) >= 11 is 0. The van der Waals surface area contributed by atoms with Crippen LogP contribution >= 0.6 is 0 Å². The van der Waals surface area contributed by atoms with Gasteiger partial charge in [-0.15, -0.1) is 0 Å². The lowest BCUT2D eigenvalue weighted by Crippen LogP contribution is -2.20. The first kappa shape index (κ1) is 23.8. The first-order valence-corrected chi connectivity index (χ1v) is 11.7. The minimum atomic E-state index is -0.321. The molecular weight excluding hydrogens is 434 g/mol. The summed E-state index contributed by atoms with van der Waals surface area (Å²) in [5, 5.41) is 14.4. The maximum Gasteiger partial charge on any atom is 0.296 e. The van der Waals surface area contributed by atoms with Gasteiger partial charge < -0.3 is 15.4 Å². The van der Waals surface area contributed by atoms with Crippen molar-refractivity contribution < 1.29 is 9.90 Å². The lowest BCUT2D eigenvalue weighted by atomic mass is 9.87. The van der Waals surface area contributed by atoms with Crippen LogP contribution in [0.5, 0.6) is 5.88 Å². The zero-order valence-electron chi connectivity index (χ0n) is 20.4. The Morgan fingerprint density at radius 1 is 1.03 bits per heavy atom. The highest BCUT2D eigenvalue weighted by atomic mass is 16.3. The van der Waals surface area contributed by atoms with Gasteiger partial charge in [-0.3, -0.25) is 4.79 Å². The number of H-pyrrole nitrogens is 1. The van der Waals surface area contributed by atoms with E-state index >= 15 is 0 Å². The monoisotopic (exact) mass is 463 g/mol. The molecule has 5 nitrogen and oxygen atoms in total. The molecule has 4 aromatic rings. The van der Waals surface area contributed by atoms with E-state index in [0.717, 1.165) is 16.6 Å². The Balaban J connectivity index is 1.81. The number of rotatable bonds is 4. The van der Waals surface area contributed by atoms with E-state index in [-0.39, 0.29) is 17.2 Å². The van der Waals surface area contributed by atoms with Crippen molar-refractivity contribution in [2.24, 2.45) is 4.99 Å². The molecule has 3 aromatic carbocycles. The first-order chi connectivity index (χ1) is 16.8. The number of aromatic amines is 1. The zero-order chi connectivity index (χ0) is 25.0. The Bertz CT molecular complexity index is 1450. The number of nitrogens with one attached hydrogen (secondary N) is 2. The van der Waals surface area contributed by atoms with Gasteiger partial charge in [0.05, 0.1) is 22.5 Å². The second-order valence-corrected chi connectivity index (χ2v) is 9.34. The Labute approximate surface area is 205 Å². The van der Waals surface area contributed by atoms with Gasteiger partial charge in [0, 0.05) is 29.0 Å². The van der Waals surface area contributed by atoms with Gasteiger partial charge >= 0.3 is 0 Å². The van der Waals surface area contributed by atoms with Gasteiger partial charge in [0.25, 0.3) is 5.91 Å². The summed E-state index contributed by atoms with van der Waals surface area (Å²) < 4.78 is 0. The molecule has 176 valence electrons. The maximum absolute atomic E-state index is 11.7. The van der Waals surface area contributed by atoms with Crippen molar-refractivity contribution >= 4 is 28.2 Å². The van der Waals surface area contributed by atoms with Crippen LogP contribution in [0.3, 0.4) is 0 Å². The fourth-order valence-corrected chi connectivity index (χ4v) is 3.86. The predicted molar refractivity (Wildman–Crippen MR) is 142 cm³/mol. The average molecular weight is 464 g/mol. The third-order valence-corrected chi connectivity index (χ3v) is 5.69. The minimum absolute atomic E-state index is 0.0303. The summed E-state index contributed by atoms with van der Waals surface area (Å²) in [6.07, 6.45) is 0. The van der Waals surface area contributed by atoms with Gasteiger partial charge in [-0.25, -0.2) is 4.99 Å². The molecule has 0 spiro atoms. The molecule has 1 amide bonds. The number of nitrogens with zero attached hydrogens (tertiary/aromatic N) is 1. The smallest absolute Gasteiger partial charge is 0.296 e. The molecule has 5 heteroatoms. The fourth-order valence-electron chi connectivity index (χ4n) is 3.86. The number of amides is 1. The molecule has 0 aliphatic carbocycles. The molecule has 0 unspecified atom stereocenters. The van der Waals surface area contributed by atoms with E-state index in [0.29, 0.717) is 28.9 Å². The second-order valence-electron chi connectivity index (χ2n) is 9.34. The van der Waals surface area contributed by atoms with E-state index in [9.17, 15) is 9.90 Å². The minimum Gasteiger partial charge on any atom is -0.494 e. The lowest BCUT2D eigenvalue weighted by Gasteiger charge is -2.18. The van der Waals surface area contributed by atoms with Crippen LogP contribution in [0.2, 0.25) is 0 Å². The van der Waals surface area contributed by atoms with Crippen molar-refractivity contribution in [3.05, 3.63) is 95.1 Å². The summed E-state index contributed by atoms with van der Waals surface area (Å²) in [6.45, 7) is 8.92. The van der Waals surface area contributed by atoms with Crippen molar-refractivity contribution in [3.8, 4) is 17.7 Å². The molecule has 0 atom stereocenters. The first-order valence-electron chi connectivity index (χ1n) is 11.7. The molecule has 0 fully saturated rings. The number of hydrogen-bond acceptors (Lipinski definition) is 3. The summed E-state index contributed by atoms with van der Waals surface area (Å²) in [5.74, 6) is 5.17. The number of aliphatic imine (C=N–C) groups is 1. The third-order valence-electron chi connectivity index (χ3n) is 5.69. The quantitative estimate of drug-likeness (QED) is 0.263. The molecule has 0 radical (unpaired) electrons. The van der Waals surface area contributed by atoms with Gasteiger partial charge in [0.1, 0.15) is 0 Å². The van der Waals surface area contributed by atoms with Gasteiger partial charge in [0.2, 0.25) is 0 Å². The summed E-state index contributed by atoms with van der Waals surface area (Å²) in [6, 6.07) is 23.6. The highest BCUT2D eigenvalue weighted by molar-refractivity contribution is 6.22. The summed E-state index contributed by atoms with van der Waals surface area (Å²) in [7, 11) is 0. The molecule has 1 aromatic heterocycles. The number of aromatic nitrogens is 1. The normalized spacial score (nSPS) is 11.7. The second kappa shape index (κ2) is 9.90. The average Bonchev–Trinajstić information content (AvgIpc) is 3.16. The van der Waals surface area contributed by atoms with E-state index in [4.69, 9.17) is 4.99 Å². The van der Waals surface area contributed by atoms with Crippen LogP contribution in [0.4, 0.5) is 5.69 Å². The third kappa shape index (κ3) is 5.44.